The molecule has 2 rings (SSSR count). The molecule has 0 amide bonds. The molecule has 100 valence electrons. The van der Waals surface area contributed by atoms with Gasteiger partial charge in [-0.3, -0.25) is 0 Å². The summed E-state index contributed by atoms with van der Waals surface area (Å²) >= 11 is 0. The van der Waals surface area contributed by atoms with Crippen molar-refractivity contribution in [3.8, 4) is 0 Å². The van der Waals surface area contributed by atoms with Crippen LogP contribution in [0.5, 0.6) is 0 Å². The zero-order valence-corrected chi connectivity index (χ0v) is 11.2. The maximum absolute atomic E-state index is 12.0. The molecule has 0 bridgehead atoms. The summed E-state index contributed by atoms with van der Waals surface area (Å²) in [5.74, 6) is 0. The van der Waals surface area contributed by atoms with Gasteiger partial charge in [0, 0.05) is 38.8 Å². The summed E-state index contributed by atoms with van der Waals surface area (Å²) < 4.78 is 28.3. The molecule has 1 unspecified atom stereocenters. The first-order valence-electron chi connectivity index (χ1n) is 6.25. The van der Waals surface area contributed by atoms with Gasteiger partial charge in [-0.15, -0.1) is 0 Å². The quantitative estimate of drug-likeness (QED) is 0.669. The summed E-state index contributed by atoms with van der Waals surface area (Å²) in [6.45, 7) is 4.21. The number of piperazine rings is 1. The molecule has 2 N–H and O–H groups in total. The molecule has 1 atom stereocenters. The molecule has 0 aromatic rings. The van der Waals surface area contributed by atoms with Gasteiger partial charge in [-0.25, -0.2) is 4.72 Å². The molecule has 0 aromatic heterocycles. The van der Waals surface area contributed by atoms with E-state index in [4.69, 9.17) is 0 Å². The van der Waals surface area contributed by atoms with Crippen LogP contribution < -0.4 is 10.0 Å². The van der Waals surface area contributed by atoms with E-state index in [9.17, 15) is 8.42 Å². The second kappa shape index (κ2) is 5.62. The van der Waals surface area contributed by atoms with Crippen LogP contribution in [0.15, 0.2) is 0 Å². The Morgan fingerprint density at radius 1 is 1.29 bits per heavy atom. The Kier molecular flexibility index (Phi) is 4.37. The standard InChI is InChI=1S/C10H22N4O2S/c1-13-6-2-3-10(13)9-12-17(15,16)14-7-4-11-5-8-14/h10-12H,2-9H2,1H3. The molecule has 2 fully saturated rings. The molecule has 0 spiro atoms. The Balaban J connectivity index is 1.84. The first-order chi connectivity index (χ1) is 8.09. The lowest BCUT2D eigenvalue weighted by atomic mass is 10.2. The van der Waals surface area contributed by atoms with Crippen LogP contribution in [0, 0.1) is 0 Å². The topological polar surface area (TPSA) is 64.7 Å². The van der Waals surface area contributed by atoms with Crippen molar-refractivity contribution < 1.29 is 8.42 Å². The van der Waals surface area contributed by atoms with Gasteiger partial charge < -0.3 is 10.2 Å². The molecule has 17 heavy (non-hydrogen) atoms. The van der Waals surface area contributed by atoms with E-state index >= 15 is 0 Å². The van der Waals surface area contributed by atoms with Crippen molar-refractivity contribution in [3.05, 3.63) is 0 Å². The van der Waals surface area contributed by atoms with E-state index in [0.29, 0.717) is 25.7 Å². The van der Waals surface area contributed by atoms with Crippen LogP contribution in [0.2, 0.25) is 0 Å². The number of likely N-dealkylation sites (N-methyl/N-ethyl adjacent to an activating group) is 1. The highest BCUT2D eigenvalue weighted by Gasteiger charge is 2.26. The third kappa shape index (κ3) is 3.38. The Labute approximate surface area is 104 Å². The highest BCUT2D eigenvalue weighted by molar-refractivity contribution is 7.87. The maximum atomic E-state index is 12.0. The van der Waals surface area contributed by atoms with Crippen molar-refractivity contribution in [2.24, 2.45) is 0 Å². The van der Waals surface area contributed by atoms with E-state index < -0.39 is 10.2 Å². The Morgan fingerprint density at radius 2 is 2.00 bits per heavy atom. The van der Waals surface area contributed by atoms with Crippen molar-refractivity contribution in [3.63, 3.8) is 0 Å². The molecule has 6 nitrogen and oxygen atoms in total. The molecule has 2 aliphatic heterocycles. The largest absolute Gasteiger partial charge is 0.314 e. The number of nitrogens with zero attached hydrogens (tertiary/aromatic N) is 2. The Hall–Kier alpha value is -0.210. The summed E-state index contributed by atoms with van der Waals surface area (Å²) in [7, 11) is -1.23. The van der Waals surface area contributed by atoms with E-state index in [0.717, 1.165) is 32.5 Å². The van der Waals surface area contributed by atoms with Crippen molar-refractivity contribution in [1.29, 1.82) is 0 Å². The van der Waals surface area contributed by atoms with Crippen LogP contribution in [-0.4, -0.2) is 70.0 Å². The fourth-order valence-electron chi connectivity index (χ4n) is 2.41. The normalized spacial score (nSPS) is 28.6. The lowest BCUT2D eigenvalue weighted by Gasteiger charge is -2.28. The van der Waals surface area contributed by atoms with Crippen LogP contribution in [0.4, 0.5) is 0 Å². The second-order valence-corrected chi connectivity index (χ2v) is 6.53. The highest BCUT2D eigenvalue weighted by atomic mass is 32.2. The molecule has 0 saturated carbocycles. The molecule has 2 saturated heterocycles. The van der Waals surface area contributed by atoms with Crippen molar-refractivity contribution in [2.45, 2.75) is 18.9 Å². The molecular formula is C10H22N4O2S. The SMILES string of the molecule is CN1CCCC1CNS(=O)(=O)N1CCNCC1. The number of hydrogen-bond acceptors (Lipinski definition) is 4. The minimum atomic E-state index is -3.28. The smallest absolute Gasteiger partial charge is 0.279 e. The monoisotopic (exact) mass is 262 g/mol. The predicted octanol–water partition coefficient (Wildman–Crippen LogP) is -1.18. The van der Waals surface area contributed by atoms with E-state index in [1.165, 1.54) is 4.31 Å². The van der Waals surface area contributed by atoms with Gasteiger partial charge in [-0.1, -0.05) is 0 Å². The summed E-state index contributed by atoms with van der Waals surface area (Å²) in [6.07, 6.45) is 2.25. The fraction of sp³-hybridized carbons (Fsp3) is 1.00. The average Bonchev–Trinajstić information content (AvgIpc) is 2.74. The van der Waals surface area contributed by atoms with Crippen molar-refractivity contribution in [1.82, 2.24) is 19.2 Å². The van der Waals surface area contributed by atoms with Gasteiger partial charge in [0.2, 0.25) is 0 Å². The summed E-state index contributed by atoms with van der Waals surface area (Å²) in [5, 5.41) is 3.15. The van der Waals surface area contributed by atoms with Gasteiger partial charge in [0.15, 0.2) is 0 Å². The minimum Gasteiger partial charge on any atom is -0.314 e. The number of likely N-dealkylation sites (tertiary alicyclic amines) is 1. The van der Waals surface area contributed by atoms with Crippen LogP contribution in [-0.2, 0) is 10.2 Å². The first-order valence-corrected chi connectivity index (χ1v) is 7.69. The highest BCUT2D eigenvalue weighted by Crippen LogP contribution is 2.14. The number of rotatable bonds is 4. The lowest BCUT2D eigenvalue weighted by Crippen LogP contribution is -2.52. The van der Waals surface area contributed by atoms with E-state index in [-0.39, 0.29) is 0 Å². The van der Waals surface area contributed by atoms with Crippen molar-refractivity contribution >= 4 is 10.2 Å². The Bertz CT molecular complexity index is 340. The van der Waals surface area contributed by atoms with Gasteiger partial charge in [0.1, 0.15) is 0 Å². The van der Waals surface area contributed by atoms with Crippen LogP contribution >= 0.6 is 0 Å². The zero-order chi connectivity index (χ0) is 12.3. The summed E-state index contributed by atoms with van der Waals surface area (Å²) in [6, 6.07) is 0.354. The fourth-order valence-corrected chi connectivity index (χ4v) is 3.66. The molecule has 0 aromatic carbocycles. The Morgan fingerprint density at radius 3 is 2.59 bits per heavy atom. The van der Waals surface area contributed by atoms with Gasteiger partial charge in [-0.2, -0.15) is 12.7 Å². The van der Waals surface area contributed by atoms with E-state index in [1.807, 2.05) is 0 Å². The number of nitrogens with one attached hydrogen (secondary N) is 2. The zero-order valence-electron chi connectivity index (χ0n) is 10.4. The molecule has 7 heteroatoms. The third-order valence-electron chi connectivity index (χ3n) is 3.59. The minimum absolute atomic E-state index is 0.354. The van der Waals surface area contributed by atoms with Gasteiger partial charge in [-0.05, 0) is 26.4 Å². The third-order valence-corrected chi connectivity index (χ3v) is 5.17. The first kappa shape index (κ1) is 13.2. The van der Waals surface area contributed by atoms with Gasteiger partial charge in [0.25, 0.3) is 10.2 Å². The van der Waals surface area contributed by atoms with Gasteiger partial charge >= 0.3 is 0 Å². The number of hydrogen-bond donors (Lipinski definition) is 2. The van der Waals surface area contributed by atoms with Crippen molar-refractivity contribution in [2.75, 3.05) is 46.3 Å². The van der Waals surface area contributed by atoms with Gasteiger partial charge in [0.05, 0.1) is 0 Å². The second-order valence-electron chi connectivity index (χ2n) is 4.78. The van der Waals surface area contributed by atoms with E-state index in [1.54, 1.807) is 0 Å². The molecule has 0 radical (unpaired) electrons. The van der Waals surface area contributed by atoms with E-state index in [2.05, 4.69) is 22.0 Å². The molecule has 2 aliphatic rings. The molecular weight excluding hydrogens is 240 g/mol. The maximum Gasteiger partial charge on any atom is 0.279 e. The summed E-state index contributed by atoms with van der Waals surface area (Å²) in [4.78, 5) is 2.22. The average molecular weight is 262 g/mol. The van der Waals surface area contributed by atoms with Crippen LogP contribution in [0.3, 0.4) is 0 Å². The predicted molar refractivity (Wildman–Crippen MR) is 67.0 cm³/mol. The molecule has 0 aliphatic carbocycles. The van der Waals surface area contributed by atoms with Crippen LogP contribution in [0.25, 0.3) is 0 Å². The van der Waals surface area contributed by atoms with Crippen LogP contribution in [0.1, 0.15) is 12.8 Å². The molecule has 2 heterocycles. The summed E-state index contributed by atoms with van der Waals surface area (Å²) in [5.41, 5.74) is 0. The lowest BCUT2D eigenvalue weighted by molar-refractivity contribution is 0.304.